The second kappa shape index (κ2) is 13.1. The average Bonchev–Trinajstić information content (AvgIpc) is 3.96. The highest BCUT2D eigenvalue weighted by Crippen LogP contribution is 2.45. The molecule has 0 amide bonds. The van der Waals surface area contributed by atoms with Gasteiger partial charge in [-0.2, -0.15) is 0 Å². The monoisotopic (exact) mass is 768 g/mol. The molecule has 0 fully saturated rings. The molecule has 4 nitrogen and oxygen atoms in total. The predicted molar refractivity (Wildman–Crippen MR) is 242 cm³/mol. The van der Waals surface area contributed by atoms with Gasteiger partial charge in [-0.25, -0.2) is 4.99 Å². The van der Waals surface area contributed by atoms with Crippen LogP contribution in [0.1, 0.15) is 45.9 Å². The number of hydrogen-bond acceptors (Lipinski definition) is 5. The summed E-state index contributed by atoms with van der Waals surface area (Å²) >= 11 is 3.81. The lowest BCUT2D eigenvalue weighted by molar-refractivity contribution is 0.409. The van der Waals surface area contributed by atoms with Crippen LogP contribution >= 0.6 is 22.7 Å². The van der Waals surface area contributed by atoms with Crippen LogP contribution in [-0.2, 0) is 6.42 Å². The van der Waals surface area contributed by atoms with Gasteiger partial charge in [-0.1, -0.05) is 127 Å². The molecule has 3 aromatic heterocycles. The number of hydrogen-bond donors (Lipinski definition) is 2. The maximum Gasteiger partial charge on any atom is 0.133 e. The Morgan fingerprint density at radius 3 is 1.93 bits per heavy atom. The van der Waals surface area contributed by atoms with Crippen LogP contribution in [0.15, 0.2) is 175 Å². The second-order valence-electron chi connectivity index (χ2n) is 15.0. The molecule has 0 saturated heterocycles. The van der Waals surface area contributed by atoms with Crippen molar-refractivity contribution in [1.29, 1.82) is 0 Å². The number of aromatic nitrogens is 1. The Balaban J connectivity index is 0.966. The summed E-state index contributed by atoms with van der Waals surface area (Å²) in [5, 5.41) is 14.0. The molecule has 7 aromatic carbocycles. The minimum absolute atomic E-state index is 0.0803. The van der Waals surface area contributed by atoms with E-state index < -0.39 is 0 Å². The van der Waals surface area contributed by atoms with E-state index in [1.54, 1.807) is 0 Å². The third kappa shape index (κ3) is 5.32. The Kier molecular flexibility index (Phi) is 7.58. The van der Waals surface area contributed by atoms with Crippen molar-refractivity contribution < 1.29 is 0 Å². The minimum Gasteiger partial charge on any atom is -0.350 e. The third-order valence-electron chi connectivity index (χ3n) is 11.7. The van der Waals surface area contributed by atoms with Crippen LogP contribution in [0.5, 0.6) is 0 Å². The molecule has 0 bridgehead atoms. The fourth-order valence-electron chi connectivity index (χ4n) is 9.09. The average molecular weight is 769 g/mol. The first-order chi connectivity index (χ1) is 28.2. The second-order valence-corrected chi connectivity index (χ2v) is 17.2. The van der Waals surface area contributed by atoms with E-state index >= 15 is 0 Å². The van der Waals surface area contributed by atoms with Gasteiger partial charge in [0.25, 0.3) is 0 Å². The van der Waals surface area contributed by atoms with Gasteiger partial charge in [-0.3, -0.25) is 5.32 Å². The molecule has 6 heteroatoms. The van der Waals surface area contributed by atoms with Crippen molar-refractivity contribution in [1.82, 2.24) is 15.2 Å². The van der Waals surface area contributed by atoms with E-state index in [1.165, 1.54) is 84.9 Å². The van der Waals surface area contributed by atoms with Crippen LogP contribution in [0.3, 0.4) is 0 Å². The number of benzene rings is 7. The standard InChI is InChI=1S/C51H36N4S2/c1-3-13-31(14-4-1)49-52-50(32-15-5-2-6-16-32)54-51(53-49)38-20-11-19-37-39-29-33(25-27-44(39)57-48(37)38)34-26-28-45-40(30-34)47-43(23-12-24-46(47)56-45)55-41-21-9-7-17-35(41)36-18-8-10-22-42(36)55/h1-11,13-23,25-30,49-50,52H,12,24H2,(H,53,54). The highest BCUT2D eigenvalue weighted by molar-refractivity contribution is 7.26. The topological polar surface area (TPSA) is 41.4 Å². The van der Waals surface area contributed by atoms with E-state index in [-0.39, 0.29) is 12.3 Å². The van der Waals surface area contributed by atoms with Gasteiger partial charge in [-0.05, 0) is 77.6 Å². The quantitative estimate of drug-likeness (QED) is 0.183. The summed E-state index contributed by atoms with van der Waals surface area (Å²) in [4.78, 5) is 6.77. The van der Waals surface area contributed by atoms with Crippen molar-refractivity contribution in [2.75, 3.05) is 0 Å². The van der Waals surface area contributed by atoms with E-state index in [0.29, 0.717) is 0 Å². The van der Waals surface area contributed by atoms with Gasteiger partial charge >= 0.3 is 0 Å². The van der Waals surface area contributed by atoms with Crippen LogP contribution in [0.2, 0.25) is 0 Å². The molecule has 4 heterocycles. The number of amidine groups is 1. The van der Waals surface area contributed by atoms with Crippen LogP contribution in [0, 0.1) is 0 Å². The zero-order valence-electron chi connectivity index (χ0n) is 30.9. The Morgan fingerprint density at radius 2 is 1.19 bits per heavy atom. The number of nitrogens with one attached hydrogen (secondary N) is 2. The highest BCUT2D eigenvalue weighted by atomic mass is 32.1. The van der Waals surface area contributed by atoms with Gasteiger partial charge in [0.15, 0.2) is 0 Å². The van der Waals surface area contributed by atoms with Crippen molar-refractivity contribution in [3.8, 4) is 11.1 Å². The minimum atomic E-state index is -0.174. The summed E-state index contributed by atoms with van der Waals surface area (Å²) in [6.45, 7) is 0. The van der Waals surface area contributed by atoms with Crippen molar-refractivity contribution in [2.45, 2.75) is 25.2 Å². The zero-order chi connectivity index (χ0) is 37.5. The van der Waals surface area contributed by atoms with E-state index in [4.69, 9.17) is 4.99 Å². The summed E-state index contributed by atoms with van der Waals surface area (Å²) in [6.07, 6.45) is 4.33. The Hall–Kier alpha value is -6.31. The molecule has 0 saturated carbocycles. The van der Waals surface area contributed by atoms with Gasteiger partial charge in [0.1, 0.15) is 18.2 Å². The smallest absolute Gasteiger partial charge is 0.133 e. The summed E-state index contributed by atoms with van der Waals surface area (Å²) < 4.78 is 6.39. The number of para-hydroxylation sites is 2. The Morgan fingerprint density at radius 1 is 0.561 bits per heavy atom. The molecular weight excluding hydrogens is 733 g/mol. The van der Waals surface area contributed by atoms with Crippen LogP contribution < -0.4 is 10.6 Å². The first-order valence-corrected chi connectivity index (χ1v) is 21.3. The van der Waals surface area contributed by atoms with Crippen molar-refractivity contribution in [3.63, 3.8) is 0 Å². The van der Waals surface area contributed by atoms with Crippen LogP contribution in [-0.4, -0.2) is 10.4 Å². The van der Waals surface area contributed by atoms with Gasteiger partial charge in [0, 0.05) is 57.0 Å². The molecule has 10 aromatic rings. The molecule has 2 aliphatic rings. The first kappa shape index (κ1) is 32.9. The SMILES string of the molecule is C1=C(n2c3ccccc3c3ccccc32)c2c(sc3ccc(-c4ccc5sc6c(C7=NC(c8ccccc8)NC(c8ccccc8)N7)cccc6c5c4)cc23)CC1. The van der Waals surface area contributed by atoms with E-state index in [1.807, 2.05) is 22.7 Å². The maximum absolute atomic E-state index is 5.30. The molecular formula is C51H36N4S2. The van der Waals surface area contributed by atoms with Gasteiger partial charge < -0.3 is 9.88 Å². The molecule has 2 N–H and O–H groups in total. The van der Waals surface area contributed by atoms with E-state index in [2.05, 4.69) is 185 Å². The molecule has 57 heavy (non-hydrogen) atoms. The summed E-state index contributed by atoms with van der Waals surface area (Å²) in [6, 6.07) is 59.6. The molecule has 1 aliphatic heterocycles. The number of aryl methyl sites for hydroxylation is 1. The lowest BCUT2D eigenvalue weighted by atomic mass is 9.96. The van der Waals surface area contributed by atoms with Crippen LogP contribution in [0.4, 0.5) is 0 Å². The number of thiophene rings is 2. The van der Waals surface area contributed by atoms with Crippen molar-refractivity contribution in [2.24, 2.45) is 4.99 Å². The maximum atomic E-state index is 5.30. The van der Waals surface area contributed by atoms with E-state index in [0.717, 1.165) is 29.8 Å². The zero-order valence-corrected chi connectivity index (χ0v) is 32.6. The molecule has 2 atom stereocenters. The largest absolute Gasteiger partial charge is 0.350 e. The molecule has 1 aliphatic carbocycles. The predicted octanol–water partition coefficient (Wildman–Crippen LogP) is 13.2. The highest BCUT2D eigenvalue weighted by Gasteiger charge is 2.27. The molecule has 2 unspecified atom stereocenters. The molecule has 0 spiro atoms. The lowest BCUT2D eigenvalue weighted by Gasteiger charge is -2.32. The number of allylic oxidation sites excluding steroid dienone is 1. The molecule has 12 rings (SSSR count). The fourth-order valence-corrected chi connectivity index (χ4v) is 11.5. The fraction of sp³-hybridized carbons (Fsp3) is 0.0784. The number of fused-ring (bicyclic) bond motifs is 9. The Bertz CT molecular complexity index is 3210. The normalized spacial score (nSPS) is 16.9. The van der Waals surface area contributed by atoms with Gasteiger partial charge in [-0.15, -0.1) is 22.7 Å². The Labute approximate surface area is 338 Å². The number of rotatable bonds is 5. The van der Waals surface area contributed by atoms with Crippen molar-refractivity contribution >= 4 is 86.3 Å². The summed E-state index contributed by atoms with van der Waals surface area (Å²) in [5.74, 6) is 0.911. The summed E-state index contributed by atoms with van der Waals surface area (Å²) in [5.41, 5.74) is 11.2. The van der Waals surface area contributed by atoms with E-state index in [9.17, 15) is 0 Å². The lowest BCUT2D eigenvalue weighted by Crippen LogP contribution is -2.44. The van der Waals surface area contributed by atoms with Crippen molar-refractivity contribution in [3.05, 3.63) is 197 Å². The summed E-state index contributed by atoms with van der Waals surface area (Å²) in [7, 11) is 0. The number of nitrogens with zero attached hydrogens (tertiary/aromatic N) is 2. The van der Waals surface area contributed by atoms with Gasteiger partial charge in [0.05, 0.1) is 16.7 Å². The number of aliphatic imine (C=N–C) groups is 1. The molecule has 272 valence electrons. The van der Waals surface area contributed by atoms with Crippen LogP contribution in [0.25, 0.3) is 68.9 Å². The van der Waals surface area contributed by atoms with Gasteiger partial charge in [0.2, 0.25) is 0 Å². The first-order valence-electron chi connectivity index (χ1n) is 19.7. The third-order valence-corrected chi connectivity index (χ3v) is 14.2. The molecule has 0 radical (unpaired) electrons.